The van der Waals surface area contributed by atoms with Gasteiger partial charge in [-0.05, 0) is 22.8 Å². The summed E-state index contributed by atoms with van der Waals surface area (Å²) in [7, 11) is 0. The highest BCUT2D eigenvalue weighted by Crippen LogP contribution is 2.14. The monoisotopic (exact) mass is 391 g/mol. The first-order valence-corrected chi connectivity index (χ1v) is 7.88. The molecular weight excluding hydrogens is 373 g/mol. The quantitative estimate of drug-likeness (QED) is 0.184. The van der Waals surface area contributed by atoms with Crippen molar-refractivity contribution in [3.05, 3.63) is 35.9 Å². The Morgan fingerprint density at radius 1 is 1.15 bits per heavy atom. The van der Waals surface area contributed by atoms with E-state index in [0.717, 1.165) is 22.8 Å². The third-order valence-electron chi connectivity index (χ3n) is 2.79. The summed E-state index contributed by atoms with van der Waals surface area (Å²) in [6.07, 6.45) is 2.08. The first-order chi connectivity index (χ1) is 9.69. The van der Waals surface area contributed by atoms with Crippen molar-refractivity contribution in [2.45, 2.75) is 25.9 Å². The zero-order chi connectivity index (χ0) is 14.8. The number of carbonyl (C=O) groups is 2. The maximum atomic E-state index is 11.9. The molecule has 0 aliphatic heterocycles. The van der Waals surface area contributed by atoms with E-state index in [1.807, 2.05) is 30.3 Å². The van der Waals surface area contributed by atoms with Gasteiger partial charge in [0.15, 0.2) is 5.92 Å². The number of hydrogen-bond donors (Lipinski definition) is 1. The number of nitrogens with two attached hydrogens (primary N) is 1. The third-order valence-corrected chi connectivity index (χ3v) is 3.55. The van der Waals surface area contributed by atoms with Crippen LogP contribution in [0.15, 0.2) is 30.3 Å². The number of benzene rings is 1. The van der Waals surface area contributed by atoms with Gasteiger partial charge in [-0.3, -0.25) is 4.79 Å². The number of rotatable bonds is 8. The van der Waals surface area contributed by atoms with Gasteiger partial charge < -0.3 is 9.57 Å². The van der Waals surface area contributed by atoms with Crippen molar-refractivity contribution in [1.29, 1.82) is 0 Å². The van der Waals surface area contributed by atoms with Crippen molar-refractivity contribution in [1.82, 2.24) is 0 Å². The van der Waals surface area contributed by atoms with Crippen LogP contribution in [0.2, 0.25) is 0 Å². The highest BCUT2D eigenvalue weighted by Gasteiger charge is 2.29. The average molecular weight is 391 g/mol. The van der Waals surface area contributed by atoms with Crippen LogP contribution in [-0.2, 0) is 25.8 Å². The second-order valence-corrected chi connectivity index (χ2v) is 5.35. The van der Waals surface area contributed by atoms with Crippen LogP contribution in [0.25, 0.3) is 0 Å². The Morgan fingerprint density at radius 2 is 1.85 bits per heavy atom. The predicted octanol–water partition coefficient (Wildman–Crippen LogP) is 2.37. The van der Waals surface area contributed by atoms with Crippen LogP contribution in [0.4, 0.5) is 0 Å². The molecule has 5 nitrogen and oxygen atoms in total. The van der Waals surface area contributed by atoms with Gasteiger partial charge in [-0.15, -0.1) is 0 Å². The standard InChI is InChI=1S/C14H18INO4/c15-9-5-4-8-12(14(18)20-16)13(17)19-10-11-6-2-1-3-7-11/h1-3,6-7,12H,4-5,8-10,16H2/t12-/m0/s1. The number of esters is 1. The Bertz CT molecular complexity index is 424. The second kappa shape index (κ2) is 9.71. The van der Waals surface area contributed by atoms with Gasteiger partial charge in [0.1, 0.15) is 6.61 Å². The molecule has 0 unspecified atom stereocenters. The molecule has 1 aromatic carbocycles. The topological polar surface area (TPSA) is 78.6 Å². The number of alkyl halides is 1. The van der Waals surface area contributed by atoms with Crippen molar-refractivity contribution in [3.8, 4) is 0 Å². The smallest absolute Gasteiger partial charge is 0.338 e. The van der Waals surface area contributed by atoms with Gasteiger partial charge in [-0.25, -0.2) is 4.79 Å². The molecule has 0 amide bonds. The fourth-order valence-corrected chi connectivity index (χ4v) is 2.23. The number of ether oxygens (including phenoxy) is 1. The Hall–Kier alpha value is -1.15. The van der Waals surface area contributed by atoms with Crippen molar-refractivity contribution in [2.75, 3.05) is 4.43 Å². The zero-order valence-electron chi connectivity index (χ0n) is 11.1. The Labute approximate surface area is 131 Å². The van der Waals surface area contributed by atoms with Crippen LogP contribution in [-0.4, -0.2) is 16.4 Å². The van der Waals surface area contributed by atoms with E-state index in [-0.39, 0.29) is 6.61 Å². The summed E-state index contributed by atoms with van der Waals surface area (Å²) < 4.78 is 6.12. The minimum absolute atomic E-state index is 0.139. The van der Waals surface area contributed by atoms with Crippen molar-refractivity contribution >= 4 is 34.5 Å². The second-order valence-electron chi connectivity index (χ2n) is 4.27. The van der Waals surface area contributed by atoms with E-state index in [9.17, 15) is 9.59 Å². The first-order valence-electron chi connectivity index (χ1n) is 6.36. The molecular formula is C14H18INO4. The van der Waals surface area contributed by atoms with Gasteiger partial charge in [0.05, 0.1) is 0 Å². The largest absolute Gasteiger partial charge is 0.460 e. The summed E-state index contributed by atoms with van der Waals surface area (Å²) in [5, 5.41) is 0. The molecule has 0 saturated carbocycles. The lowest BCUT2D eigenvalue weighted by Crippen LogP contribution is -2.29. The molecule has 0 aliphatic carbocycles. The van der Waals surface area contributed by atoms with Crippen LogP contribution in [0.5, 0.6) is 0 Å². The maximum absolute atomic E-state index is 11.9. The van der Waals surface area contributed by atoms with E-state index in [4.69, 9.17) is 10.6 Å². The van der Waals surface area contributed by atoms with Crippen molar-refractivity contribution in [3.63, 3.8) is 0 Å². The van der Waals surface area contributed by atoms with Gasteiger partial charge in [-0.1, -0.05) is 59.3 Å². The first kappa shape index (κ1) is 16.9. The summed E-state index contributed by atoms with van der Waals surface area (Å²) >= 11 is 2.25. The van der Waals surface area contributed by atoms with Crippen LogP contribution in [0.3, 0.4) is 0 Å². The molecule has 2 N–H and O–H groups in total. The SMILES string of the molecule is NOC(=O)[C@@H](CCCCI)C(=O)OCc1ccccc1. The molecule has 0 radical (unpaired) electrons. The predicted molar refractivity (Wildman–Crippen MR) is 82.7 cm³/mol. The molecule has 1 rings (SSSR count). The summed E-state index contributed by atoms with van der Waals surface area (Å²) in [6.45, 7) is 0.139. The molecule has 0 fully saturated rings. The molecule has 6 heteroatoms. The van der Waals surface area contributed by atoms with Crippen molar-refractivity contribution in [2.24, 2.45) is 11.8 Å². The lowest BCUT2D eigenvalue weighted by atomic mass is 10.0. The summed E-state index contributed by atoms with van der Waals surface area (Å²) in [5.74, 6) is 2.60. The van der Waals surface area contributed by atoms with Gasteiger partial charge in [0.2, 0.25) is 0 Å². The fraction of sp³-hybridized carbons (Fsp3) is 0.429. The molecule has 1 atom stereocenters. The number of carbonyl (C=O) groups excluding carboxylic acids is 2. The molecule has 0 aliphatic rings. The molecule has 110 valence electrons. The van der Waals surface area contributed by atoms with Crippen LogP contribution in [0, 0.1) is 5.92 Å². The molecule has 0 aromatic heterocycles. The molecule has 0 saturated heterocycles. The van der Waals surface area contributed by atoms with Gasteiger partial charge in [0.25, 0.3) is 0 Å². The van der Waals surface area contributed by atoms with Crippen LogP contribution in [0.1, 0.15) is 24.8 Å². The number of unbranched alkanes of at least 4 members (excludes halogenated alkanes) is 1. The maximum Gasteiger partial charge on any atom is 0.338 e. The Balaban J connectivity index is 2.52. The van der Waals surface area contributed by atoms with Gasteiger partial charge in [-0.2, -0.15) is 5.90 Å². The third kappa shape index (κ3) is 5.87. The van der Waals surface area contributed by atoms with E-state index >= 15 is 0 Å². The average Bonchev–Trinajstić information content (AvgIpc) is 2.49. The number of halogens is 1. The van der Waals surface area contributed by atoms with E-state index in [1.54, 1.807) is 0 Å². The molecule has 0 heterocycles. The molecule has 1 aromatic rings. The minimum Gasteiger partial charge on any atom is -0.460 e. The van der Waals surface area contributed by atoms with E-state index in [0.29, 0.717) is 6.42 Å². The Morgan fingerprint density at radius 3 is 2.45 bits per heavy atom. The molecule has 0 bridgehead atoms. The van der Waals surface area contributed by atoms with Crippen molar-refractivity contribution < 1.29 is 19.2 Å². The molecule has 20 heavy (non-hydrogen) atoms. The normalized spacial score (nSPS) is 11.7. The zero-order valence-corrected chi connectivity index (χ0v) is 13.2. The highest BCUT2D eigenvalue weighted by atomic mass is 127. The van der Waals surface area contributed by atoms with E-state index in [2.05, 4.69) is 27.4 Å². The fourth-order valence-electron chi connectivity index (χ4n) is 1.69. The lowest BCUT2D eigenvalue weighted by Gasteiger charge is -2.13. The highest BCUT2D eigenvalue weighted by molar-refractivity contribution is 14.1. The minimum atomic E-state index is -0.938. The summed E-state index contributed by atoms with van der Waals surface area (Å²) in [5.41, 5.74) is 0.868. The summed E-state index contributed by atoms with van der Waals surface area (Å²) in [6, 6.07) is 9.29. The van der Waals surface area contributed by atoms with Gasteiger partial charge >= 0.3 is 11.9 Å². The van der Waals surface area contributed by atoms with E-state index in [1.165, 1.54) is 0 Å². The van der Waals surface area contributed by atoms with E-state index < -0.39 is 17.9 Å². The number of hydrogen-bond acceptors (Lipinski definition) is 5. The summed E-state index contributed by atoms with van der Waals surface area (Å²) in [4.78, 5) is 27.6. The molecule has 0 spiro atoms. The van der Waals surface area contributed by atoms with Gasteiger partial charge in [0, 0.05) is 0 Å². The van der Waals surface area contributed by atoms with Crippen LogP contribution < -0.4 is 5.90 Å². The van der Waals surface area contributed by atoms with Crippen LogP contribution >= 0.6 is 22.6 Å². The lowest BCUT2D eigenvalue weighted by molar-refractivity contribution is -0.163. The Kier molecular flexibility index (Phi) is 8.20.